The summed E-state index contributed by atoms with van der Waals surface area (Å²) in [6, 6.07) is 14.9. The van der Waals surface area contributed by atoms with Gasteiger partial charge in [0, 0.05) is 0 Å². The van der Waals surface area contributed by atoms with Crippen LogP contribution in [0.1, 0.15) is 25.8 Å². The Morgan fingerprint density at radius 1 is 1.20 bits per heavy atom. The number of para-hydroxylation sites is 1. The zero-order chi connectivity index (χ0) is 17.8. The molecule has 1 amide bonds. The lowest BCUT2D eigenvalue weighted by atomic mass is 10.1. The van der Waals surface area contributed by atoms with Gasteiger partial charge >= 0.3 is 0 Å². The van der Waals surface area contributed by atoms with E-state index in [-0.39, 0.29) is 5.91 Å². The van der Waals surface area contributed by atoms with Crippen LogP contribution in [-0.4, -0.2) is 18.2 Å². The molecular formula is C20H19ClN2O2. The molecule has 0 atom stereocenters. The maximum absolute atomic E-state index is 12.7. The van der Waals surface area contributed by atoms with E-state index in [1.54, 1.807) is 12.1 Å². The summed E-state index contributed by atoms with van der Waals surface area (Å²) in [5.41, 5.74) is 2.82. The van der Waals surface area contributed by atoms with Crippen LogP contribution in [-0.2, 0) is 4.79 Å². The number of benzene rings is 2. The molecule has 3 rings (SSSR count). The number of anilines is 1. The van der Waals surface area contributed by atoms with Gasteiger partial charge in [-0.2, -0.15) is 10.1 Å². The van der Waals surface area contributed by atoms with Crippen LogP contribution in [0, 0.1) is 0 Å². The van der Waals surface area contributed by atoms with Crippen LogP contribution in [0.25, 0.3) is 6.08 Å². The van der Waals surface area contributed by atoms with Gasteiger partial charge in [0.15, 0.2) is 0 Å². The third-order valence-corrected chi connectivity index (χ3v) is 4.09. The highest BCUT2D eigenvalue weighted by Gasteiger charge is 2.28. The summed E-state index contributed by atoms with van der Waals surface area (Å²) in [6.07, 6.45) is 2.72. The molecule has 0 fully saturated rings. The van der Waals surface area contributed by atoms with Crippen molar-refractivity contribution in [2.45, 2.75) is 20.3 Å². The van der Waals surface area contributed by atoms with Gasteiger partial charge in [-0.05, 0) is 49.2 Å². The highest BCUT2D eigenvalue weighted by molar-refractivity contribution is 6.33. The molecule has 4 nitrogen and oxygen atoms in total. The van der Waals surface area contributed by atoms with Gasteiger partial charge in [-0.25, -0.2) is 0 Å². The van der Waals surface area contributed by atoms with Gasteiger partial charge in [-0.3, -0.25) is 4.79 Å². The van der Waals surface area contributed by atoms with Crippen LogP contribution in [0.15, 0.2) is 59.2 Å². The molecule has 0 spiro atoms. The Morgan fingerprint density at radius 3 is 2.64 bits per heavy atom. The maximum atomic E-state index is 12.7. The average Bonchev–Trinajstić information content (AvgIpc) is 2.90. The Hall–Kier alpha value is -2.59. The third kappa shape index (κ3) is 3.74. The number of hydrogen-bond acceptors (Lipinski definition) is 3. The molecule has 0 radical (unpaired) electrons. The molecule has 1 heterocycles. The molecule has 0 bridgehead atoms. The standard InChI is InChI=1S/C20H19ClN2O2/c1-3-11-25-19-10-9-15(13-18(19)21)12-17-14(2)22-23(20(17)24)16-7-5-4-6-8-16/h4-10,12-13H,3,11H2,1-2H3/b17-12+. The van der Waals surface area contributed by atoms with Crippen LogP contribution < -0.4 is 9.75 Å². The quantitative estimate of drug-likeness (QED) is 0.714. The summed E-state index contributed by atoms with van der Waals surface area (Å²) >= 11 is 6.27. The zero-order valence-corrected chi connectivity index (χ0v) is 15.0. The smallest absolute Gasteiger partial charge is 0.280 e. The van der Waals surface area contributed by atoms with E-state index in [0.29, 0.717) is 28.7 Å². The number of rotatable bonds is 5. The Labute approximate surface area is 152 Å². The maximum Gasteiger partial charge on any atom is 0.280 e. The first kappa shape index (κ1) is 17.2. The number of nitrogens with zero attached hydrogens (tertiary/aromatic N) is 2. The monoisotopic (exact) mass is 354 g/mol. The summed E-state index contributed by atoms with van der Waals surface area (Å²) in [7, 11) is 0. The molecule has 0 aliphatic carbocycles. The van der Waals surface area contributed by atoms with Crippen molar-refractivity contribution in [2.24, 2.45) is 5.10 Å². The number of halogens is 1. The molecule has 2 aromatic rings. The largest absolute Gasteiger partial charge is 0.492 e. The molecule has 0 unspecified atom stereocenters. The van der Waals surface area contributed by atoms with Crippen molar-refractivity contribution in [3.05, 3.63) is 64.7 Å². The molecule has 5 heteroatoms. The minimum Gasteiger partial charge on any atom is -0.492 e. The predicted octanol–water partition coefficient (Wildman–Crippen LogP) is 4.93. The van der Waals surface area contributed by atoms with Crippen LogP contribution in [0.2, 0.25) is 5.02 Å². The minimum atomic E-state index is -0.147. The molecule has 1 aliphatic heterocycles. The predicted molar refractivity (Wildman–Crippen MR) is 102 cm³/mol. The number of carbonyl (C=O) groups excluding carboxylic acids is 1. The number of hydrazone groups is 1. The van der Waals surface area contributed by atoms with Crippen LogP contribution in [0.5, 0.6) is 5.75 Å². The summed E-state index contributed by atoms with van der Waals surface area (Å²) in [6.45, 7) is 4.49. The molecule has 0 aromatic heterocycles. The van der Waals surface area contributed by atoms with Crippen molar-refractivity contribution in [3.63, 3.8) is 0 Å². The average molecular weight is 355 g/mol. The van der Waals surface area contributed by atoms with Crippen molar-refractivity contribution in [2.75, 3.05) is 11.6 Å². The van der Waals surface area contributed by atoms with E-state index in [1.165, 1.54) is 5.01 Å². The fourth-order valence-electron chi connectivity index (χ4n) is 2.53. The summed E-state index contributed by atoms with van der Waals surface area (Å²) in [5, 5.41) is 6.32. The lowest BCUT2D eigenvalue weighted by Gasteiger charge is -2.11. The first-order valence-corrected chi connectivity index (χ1v) is 8.57. The zero-order valence-electron chi connectivity index (χ0n) is 14.2. The van der Waals surface area contributed by atoms with Crippen molar-refractivity contribution in [1.82, 2.24) is 0 Å². The lowest BCUT2D eigenvalue weighted by Crippen LogP contribution is -2.21. The topological polar surface area (TPSA) is 41.9 Å². The summed E-state index contributed by atoms with van der Waals surface area (Å²) < 4.78 is 5.58. The first-order valence-electron chi connectivity index (χ1n) is 8.19. The van der Waals surface area contributed by atoms with Gasteiger partial charge in [0.2, 0.25) is 0 Å². The van der Waals surface area contributed by atoms with Crippen LogP contribution in [0.4, 0.5) is 5.69 Å². The van der Waals surface area contributed by atoms with E-state index < -0.39 is 0 Å². The van der Waals surface area contributed by atoms with Gasteiger partial charge in [0.05, 0.1) is 28.6 Å². The molecule has 1 aliphatic rings. The molecule has 0 saturated carbocycles. The van der Waals surface area contributed by atoms with E-state index in [4.69, 9.17) is 16.3 Å². The molecular weight excluding hydrogens is 336 g/mol. The fraction of sp³-hybridized carbons (Fsp3) is 0.200. The van der Waals surface area contributed by atoms with Crippen molar-refractivity contribution < 1.29 is 9.53 Å². The second kappa shape index (κ2) is 7.53. The fourth-order valence-corrected chi connectivity index (χ4v) is 2.77. The molecule has 0 saturated heterocycles. The molecule has 25 heavy (non-hydrogen) atoms. The van der Waals surface area contributed by atoms with Gasteiger partial charge in [-0.15, -0.1) is 0 Å². The first-order chi connectivity index (χ1) is 12.1. The Balaban J connectivity index is 1.86. The highest BCUT2D eigenvalue weighted by Crippen LogP contribution is 2.29. The number of carbonyl (C=O) groups is 1. The van der Waals surface area contributed by atoms with Crippen molar-refractivity contribution in [3.8, 4) is 5.75 Å². The second-order valence-electron chi connectivity index (χ2n) is 5.73. The Kier molecular flexibility index (Phi) is 5.19. The highest BCUT2D eigenvalue weighted by atomic mass is 35.5. The minimum absolute atomic E-state index is 0.147. The number of amides is 1. The van der Waals surface area contributed by atoms with E-state index in [2.05, 4.69) is 5.10 Å². The lowest BCUT2D eigenvalue weighted by molar-refractivity contribution is -0.114. The molecule has 2 aromatic carbocycles. The number of ether oxygens (including phenoxy) is 1. The van der Waals surface area contributed by atoms with Crippen molar-refractivity contribution >= 4 is 35.0 Å². The van der Waals surface area contributed by atoms with Crippen LogP contribution >= 0.6 is 11.6 Å². The second-order valence-corrected chi connectivity index (χ2v) is 6.14. The summed E-state index contributed by atoms with van der Waals surface area (Å²) in [5.74, 6) is 0.505. The van der Waals surface area contributed by atoms with Crippen molar-refractivity contribution in [1.29, 1.82) is 0 Å². The normalized spacial score (nSPS) is 15.6. The Morgan fingerprint density at radius 2 is 1.96 bits per heavy atom. The van der Waals surface area contributed by atoms with Gasteiger partial charge in [0.25, 0.3) is 5.91 Å². The molecule has 128 valence electrons. The van der Waals surface area contributed by atoms with E-state index >= 15 is 0 Å². The SMILES string of the molecule is CCCOc1ccc(/C=C2/C(=O)N(c3ccccc3)N=C2C)cc1Cl. The van der Waals surface area contributed by atoms with Gasteiger partial charge in [-0.1, -0.05) is 42.8 Å². The van der Waals surface area contributed by atoms with Gasteiger partial charge in [0.1, 0.15) is 5.75 Å². The number of hydrogen-bond donors (Lipinski definition) is 0. The van der Waals surface area contributed by atoms with Crippen LogP contribution in [0.3, 0.4) is 0 Å². The van der Waals surface area contributed by atoms with Gasteiger partial charge < -0.3 is 4.74 Å². The summed E-state index contributed by atoms with van der Waals surface area (Å²) in [4.78, 5) is 12.7. The van der Waals surface area contributed by atoms with E-state index in [9.17, 15) is 4.79 Å². The van der Waals surface area contributed by atoms with E-state index in [0.717, 1.165) is 17.7 Å². The third-order valence-electron chi connectivity index (χ3n) is 3.79. The molecule has 0 N–H and O–H groups in total. The Bertz CT molecular complexity index is 844. The van der Waals surface area contributed by atoms with E-state index in [1.807, 2.05) is 56.3 Å².